The van der Waals surface area contributed by atoms with Gasteiger partial charge in [-0.05, 0) is 80.7 Å². The smallest absolute Gasteiger partial charge is 0.335 e. The normalized spacial score (nSPS) is 22.1. The van der Waals surface area contributed by atoms with Gasteiger partial charge < -0.3 is 19.5 Å². The highest BCUT2D eigenvalue weighted by atomic mass is 35.5. The van der Waals surface area contributed by atoms with Crippen molar-refractivity contribution in [3.63, 3.8) is 0 Å². The highest BCUT2D eigenvalue weighted by Crippen LogP contribution is 2.47. The first-order chi connectivity index (χ1) is 20.1. The third-order valence-electron chi connectivity index (χ3n) is 8.19. The molecule has 0 saturated heterocycles. The Morgan fingerprint density at radius 1 is 1.14 bits per heavy atom. The summed E-state index contributed by atoms with van der Waals surface area (Å²) in [4.78, 5) is 14.8. The molecule has 2 aromatic heterocycles. The van der Waals surface area contributed by atoms with E-state index in [4.69, 9.17) is 42.7 Å². The Balaban J connectivity index is 0.000000211. The number of thiazole rings is 1. The minimum atomic E-state index is -0.953. The summed E-state index contributed by atoms with van der Waals surface area (Å²) in [7, 11) is 0. The van der Waals surface area contributed by atoms with Crippen LogP contribution < -0.4 is 0 Å². The number of aromatic carboxylic acids is 1. The fourth-order valence-corrected chi connectivity index (χ4v) is 7.61. The van der Waals surface area contributed by atoms with Gasteiger partial charge in [-0.15, -0.1) is 11.3 Å². The molecule has 10 heteroatoms. The van der Waals surface area contributed by atoms with Gasteiger partial charge in [0.1, 0.15) is 16.5 Å². The van der Waals surface area contributed by atoms with E-state index in [1.807, 2.05) is 18.2 Å². The van der Waals surface area contributed by atoms with Gasteiger partial charge in [0.2, 0.25) is 0 Å². The van der Waals surface area contributed by atoms with E-state index in [0.29, 0.717) is 39.4 Å². The topological polar surface area (TPSA) is 106 Å². The number of ether oxygens (including phenoxy) is 1. The number of rotatable bonds is 8. The summed E-state index contributed by atoms with van der Waals surface area (Å²) in [5.41, 5.74) is 3.40. The summed E-state index contributed by atoms with van der Waals surface area (Å²) >= 11 is 14.3. The highest BCUT2D eigenvalue weighted by molar-refractivity contribution is 7.18. The second-order valence-electron chi connectivity index (χ2n) is 11.7. The van der Waals surface area contributed by atoms with Crippen LogP contribution in [0.15, 0.2) is 40.9 Å². The summed E-state index contributed by atoms with van der Waals surface area (Å²) in [5, 5.41) is 23.8. The number of fused-ring (bicyclic) bond motifs is 1. The summed E-state index contributed by atoms with van der Waals surface area (Å²) in [6.07, 6.45) is 6.82. The molecule has 0 aliphatic heterocycles. The van der Waals surface area contributed by atoms with Gasteiger partial charge in [-0.3, -0.25) is 0 Å². The van der Waals surface area contributed by atoms with E-state index in [1.165, 1.54) is 23.8 Å². The van der Waals surface area contributed by atoms with Gasteiger partial charge in [0.25, 0.3) is 0 Å². The molecule has 2 unspecified atom stereocenters. The van der Waals surface area contributed by atoms with Crippen LogP contribution in [-0.4, -0.2) is 31.9 Å². The second kappa shape index (κ2) is 13.0. The lowest BCUT2D eigenvalue weighted by Crippen LogP contribution is -2.40. The van der Waals surface area contributed by atoms with E-state index in [9.17, 15) is 4.79 Å². The number of nitrogens with zero attached hydrogens (tertiary/aromatic N) is 2. The van der Waals surface area contributed by atoms with Crippen LogP contribution in [0.2, 0.25) is 10.0 Å². The summed E-state index contributed by atoms with van der Waals surface area (Å²) < 4.78 is 13.3. The molecule has 2 fully saturated rings. The third-order valence-corrected chi connectivity index (χ3v) is 9.83. The Labute approximate surface area is 259 Å². The Kier molecular flexibility index (Phi) is 9.59. The molecule has 0 amide bonds. The molecule has 2 aliphatic carbocycles. The molecular weight excluding hydrogens is 595 g/mol. The average Bonchev–Trinajstić information content (AvgIpc) is 3.57. The lowest BCUT2D eigenvalue weighted by molar-refractivity contribution is -0.105. The number of carbonyl (C=O) groups is 1. The first-order valence-electron chi connectivity index (χ1n) is 14.4. The number of hydrogen-bond acceptors (Lipinski definition) is 7. The minimum Gasteiger partial charge on any atom is -0.478 e. The highest BCUT2D eigenvalue weighted by Gasteiger charge is 2.39. The van der Waals surface area contributed by atoms with Crippen molar-refractivity contribution < 1.29 is 24.3 Å². The fourth-order valence-electron chi connectivity index (χ4n) is 6.16. The largest absolute Gasteiger partial charge is 0.478 e. The van der Waals surface area contributed by atoms with Gasteiger partial charge in [0, 0.05) is 17.0 Å². The lowest BCUT2D eigenvalue weighted by Gasteiger charge is -2.42. The fraction of sp³-hybridized carbons (Fsp3) is 0.469. The number of aliphatic hydroxyl groups is 1. The monoisotopic (exact) mass is 630 g/mol. The molecule has 6 rings (SSSR count). The quantitative estimate of drug-likeness (QED) is 0.200. The van der Waals surface area contributed by atoms with Gasteiger partial charge in [-0.25, -0.2) is 9.78 Å². The van der Waals surface area contributed by atoms with Crippen molar-refractivity contribution in [2.45, 2.75) is 84.0 Å². The second-order valence-corrected chi connectivity index (χ2v) is 13.6. The molecular formula is C32H36Cl2N2O5S. The zero-order valence-corrected chi connectivity index (χ0v) is 26.4. The van der Waals surface area contributed by atoms with E-state index in [0.717, 1.165) is 64.9 Å². The van der Waals surface area contributed by atoms with Gasteiger partial charge >= 0.3 is 5.97 Å². The standard InChI is InChI=1S/C23H29Cl2NO2.C9H7NO3S/c1-4-23(11-14(2)10-15(3)12-23)27-13-17-21(26-28-22(17)16-8-9-16)20-18(24)6-5-7-19(20)25;11-4-8-10-6-2-1-5(9(12)13)3-7(6)14-8/h5-7,14-16H,4,8-13H2,1-3H3;1-3,11H,4H2,(H,12,13)/t14-,15?,23?;/m1./s1. The van der Waals surface area contributed by atoms with Crippen molar-refractivity contribution in [2.75, 3.05) is 0 Å². The van der Waals surface area contributed by atoms with Crippen LogP contribution in [0.1, 0.15) is 91.9 Å². The molecule has 0 radical (unpaired) electrons. The maximum atomic E-state index is 10.7. The van der Waals surface area contributed by atoms with Crippen molar-refractivity contribution in [1.82, 2.24) is 10.1 Å². The zero-order valence-electron chi connectivity index (χ0n) is 24.0. The Hall–Kier alpha value is -2.49. The van der Waals surface area contributed by atoms with Crippen LogP contribution in [-0.2, 0) is 18.0 Å². The van der Waals surface area contributed by atoms with E-state index in [-0.39, 0.29) is 17.8 Å². The number of benzene rings is 2. The SMILES string of the molecule is CCC1(OCc2c(-c3c(Cl)cccc3Cl)noc2C2CC2)CC(C)C[C@@H](C)C1.O=C(O)c1ccc2nc(CO)sc2c1. The van der Waals surface area contributed by atoms with Crippen LogP contribution in [0.25, 0.3) is 21.5 Å². The van der Waals surface area contributed by atoms with Crippen molar-refractivity contribution in [3.8, 4) is 11.3 Å². The molecule has 2 heterocycles. The number of halogens is 2. The molecule has 0 bridgehead atoms. The van der Waals surface area contributed by atoms with Gasteiger partial charge in [0.15, 0.2) is 0 Å². The average molecular weight is 632 g/mol. The Bertz CT molecular complexity index is 1530. The predicted octanol–water partition coefficient (Wildman–Crippen LogP) is 9.13. The maximum Gasteiger partial charge on any atom is 0.335 e. The van der Waals surface area contributed by atoms with Crippen molar-refractivity contribution in [3.05, 3.63) is 68.3 Å². The molecule has 224 valence electrons. The van der Waals surface area contributed by atoms with Crippen molar-refractivity contribution >= 4 is 50.7 Å². The molecule has 0 spiro atoms. The van der Waals surface area contributed by atoms with E-state index < -0.39 is 5.97 Å². The van der Waals surface area contributed by atoms with Crippen LogP contribution in [0.4, 0.5) is 0 Å². The number of aromatic nitrogens is 2. The van der Waals surface area contributed by atoms with Crippen LogP contribution in [0.5, 0.6) is 0 Å². The van der Waals surface area contributed by atoms with Crippen molar-refractivity contribution in [2.24, 2.45) is 11.8 Å². The number of hydrogen-bond donors (Lipinski definition) is 2. The zero-order chi connectivity index (χ0) is 30.0. The molecule has 3 atom stereocenters. The molecule has 2 N–H and O–H groups in total. The number of carboxylic acids is 1. The molecule has 2 aromatic carbocycles. The lowest BCUT2D eigenvalue weighted by atomic mass is 9.72. The first-order valence-corrected chi connectivity index (χ1v) is 16.0. The predicted molar refractivity (Wildman–Crippen MR) is 166 cm³/mol. The van der Waals surface area contributed by atoms with Crippen LogP contribution in [0, 0.1) is 11.8 Å². The summed E-state index contributed by atoms with van der Waals surface area (Å²) in [5.74, 6) is 1.82. The van der Waals surface area contributed by atoms with E-state index >= 15 is 0 Å². The minimum absolute atomic E-state index is 0.0727. The number of aliphatic hydroxyl groups excluding tert-OH is 1. The van der Waals surface area contributed by atoms with Gasteiger partial charge in [-0.1, -0.05) is 55.2 Å². The first kappa shape index (κ1) is 31.0. The van der Waals surface area contributed by atoms with E-state index in [2.05, 4.69) is 30.9 Å². The number of carboxylic acid groups (broad SMARTS) is 1. The molecule has 4 aromatic rings. The third kappa shape index (κ3) is 6.84. The van der Waals surface area contributed by atoms with Crippen LogP contribution >= 0.6 is 34.5 Å². The Morgan fingerprint density at radius 2 is 1.83 bits per heavy atom. The van der Waals surface area contributed by atoms with Gasteiger partial charge in [-0.2, -0.15) is 0 Å². The summed E-state index contributed by atoms with van der Waals surface area (Å²) in [6.45, 7) is 7.31. The van der Waals surface area contributed by atoms with E-state index in [1.54, 1.807) is 12.1 Å². The Morgan fingerprint density at radius 3 is 2.43 bits per heavy atom. The van der Waals surface area contributed by atoms with Crippen LogP contribution in [0.3, 0.4) is 0 Å². The maximum absolute atomic E-state index is 10.7. The molecule has 2 saturated carbocycles. The summed E-state index contributed by atoms with van der Waals surface area (Å²) in [6, 6.07) is 10.3. The molecule has 2 aliphatic rings. The van der Waals surface area contributed by atoms with Crippen molar-refractivity contribution in [1.29, 1.82) is 0 Å². The van der Waals surface area contributed by atoms with Gasteiger partial charge in [0.05, 0.1) is 44.6 Å². The molecule has 7 nitrogen and oxygen atoms in total. The molecule has 42 heavy (non-hydrogen) atoms.